The molecule has 0 aliphatic carbocycles. The number of carbonyl (C=O) groups excluding carboxylic acids is 2. The molecule has 0 spiro atoms. The maximum Gasteiger partial charge on any atom is 0.348 e. The largest absolute Gasteiger partial charge is 0.459 e. The van der Waals surface area contributed by atoms with Gasteiger partial charge in [-0.15, -0.1) is 11.3 Å². The Hall–Kier alpha value is -3.65. The summed E-state index contributed by atoms with van der Waals surface area (Å²) in [7, 11) is 0. The third-order valence-electron chi connectivity index (χ3n) is 4.43. The van der Waals surface area contributed by atoms with E-state index >= 15 is 0 Å². The van der Waals surface area contributed by atoms with Gasteiger partial charge in [0, 0.05) is 17.0 Å². The van der Waals surface area contributed by atoms with Crippen molar-refractivity contribution in [2.75, 3.05) is 5.32 Å². The number of benzene rings is 1. The molecule has 0 bridgehead atoms. The maximum atomic E-state index is 12.6. The smallest absolute Gasteiger partial charge is 0.348 e. The molecule has 0 saturated carbocycles. The van der Waals surface area contributed by atoms with Gasteiger partial charge in [0.25, 0.3) is 5.91 Å². The molecule has 4 aromatic rings. The Morgan fingerprint density at radius 1 is 1.13 bits per heavy atom. The highest BCUT2D eigenvalue weighted by atomic mass is 32.1. The predicted molar refractivity (Wildman–Crippen MR) is 112 cm³/mol. The van der Waals surface area contributed by atoms with Crippen LogP contribution in [0.1, 0.15) is 36.9 Å². The van der Waals surface area contributed by atoms with Gasteiger partial charge in [-0.1, -0.05) is 12.1 Å². The predicted octanol–water partition coefficient (Wildman–Crippen LogP) is 4.67. The quantitative estimate of drug-likeness (QED) is 0.370. The van der Waals surface area contributed by atoms with Crippen molar-refractivity contribution in [3.8, 4) is 0 Å². The van der Waals surface area contributed by atoms with Crippen LogP contribution < -0.4 is 10.9 Å². The maximum absolute atomic E-state index is 12.6. The summed E-state index contributed by atoms with van der Waals surface area (Å²) in [6.45, 7) is 3.58. The van der Waals surface area contributed by atoms with Crippen LogP contribution in [0.5, 0.6) is 0 Å². The second kappa shape index (κ2) is 8.00. The lowest BCUT2D eigenvalue weighted by Gasteiger charge is -2.07. The summed E-state index contributed by atoms with van der Waals surface area (Å²) < 4.78 is 15.7. The van der Waals surface area contributed by atoms with E-state index in [0.29, 0.717) is 32.0 Å². The standard InChI is InChI=1S/C22H17NO6S/c1-12-5-6-15-14(10-19(24)29-17(15)8-12)11-28-22(26)20-13(2)9-18(30-20)23-21(25)16-4-3-7-27-16/h3-10H,11H2,1-2H3,(H,23,25). The number of carbonyl (C=O) groups is 2. The van der Waals surface area contributed by atoms with Gasteiger partial charge in [0.2, 0.25) is 0 Å². The molecule has 1 aromatic carbocycles. The zero-order chi connectivity index (χ0) is 21.3. The number of nitrogens with one attached hydrogen (secondary N) is 1. The van der Waals surface area contributed by atoms with Crippen molar-refractivity contribution in [1.29, 1.82) is 0 Å². The monoisotopic (exact) mass is 423 g/mol. The third-order valence-corrected chi connectivity index (χ3v) is 5.56. The van der Waals surface area contributed by atoms with E-state index in [0.717, 1.165) is 16.9 Å². The second-order valence-corrected chi connectivity index (χ2v) is 7.77. The molecule has 0 aliphatic rings. The number of fused-ring (bicyclic) bond motifs is 1. The molecule has 3 heterocycles. The summed E-state index contributed by atoms with van der Waals surface area (Å²) in [5, 5.41) is 3.91. The van der Waals surface area contributed by atoms with Crippen LogP contribution >= 0.6 is 11.3 Å². The molecule has 0 fully saturated rings. The number of ether oxygens (including phenoxy) is 1. The third kappa shape index (κ3) is 4.04. The number of anilines is 1. The van der Waals surface area contributed by atoms with Crippen molar-refractivity contribution in [2.24, 2.45) is 0 Å². The molecule has 1 N–H and O–H groups in total. The fourth-order valence-electron chi connectivity index (χ4n) is 2.99. The second-order valence-electron chi connectivity index (χ2n) is 6.72. The highest BCUT2D eigenvalue weighted by Crippen LogP contribution is 2.28. The molecule has 0 saturated heterocycles. The minimum atomic E-state index is -0.537. The molecule has 0 aliphatic heterocycles. The van der Waals surface area contributed by atoms with E-state index in [1.54, 1.807) is 31.2 Å². The van der Waals surface area contributed by atoms with Gasteiger partial charge in [0.15, 0.2) is 5.76 Å². The summed E-state index contributed by atoms with van der Waals surface area (Å²) in [6.07, 6.45) is 1.41. The van der Waals surface area contributed by atoms with Crippen LogP contribution in [0.15, 0.2) is 62.4 Å². The first-order valence-electron chi connectivity index (χ1n) is 9.06. The van der Waals surface area contributed by atoms with Gasteiger partial charge in [-0.05, 0) is 49.2 Å². The van der Waals surface area contributed by atoms with Crippen molar-refractivity contribution in [3.63, 3.8) is 0 Å². The molecular weight excluding hydrogens is 406 g/mol. The summed E-state index contributed by atoms with van der Waals surface area (Å²) in [4.78, 5) is 36.9. The van der Waals surface area contributed by atoms with Gasteiger partial charge in [0.1, 0.15) is 17.1 Å². The molecule has 3 aromatic heterocycles. The van der Waals surface area contributed by atoms with Gasteiger partial charge < -0.3 is 18.9 Å². The highest BCUT2D eigenvalue weighted by molar-refractivity contribution is 7.18. The molecule has 30 heavy (non-hydrogen) atoms. The Morgan fingerprint density at radius 3 is 2.73 bits per heavy atom. The Labute approximate surface area is 174 Å². The number of rotatable bonds is 5. The summed E-state index contributed by atoms with van der Waals surface area (Å²) in [5.41, 5.74) is 2.14. The fraction of sp³-hybridized carbons (Fsp3) is 0.136. The number of amides is 1. The lowest BCUT2D eigenvalue weighted by atomic mass is 10.1. The Kier molecular flexibility index (Phi) is 5.24. The Balaban J connectivity index is 1.50. The van der Waals surface area contributed by atoms with E-state index in [1.165, 1.54) is 12.3 Å². The van der Waals surface area contributed by atoms with Gasteiger partial charge in [-0.25, -0.2) is 9.59 Å². The van der Waals surface area contributed by atoms with Gasteiger partial charge in [-0.2, -0.15) is 0 Å². The van der Waals surface area contributed by atoms with E-state index in [9.17, 15) is 14.4 Å². The van der Waals surface area contributed by atoms with E-state index in [1.807, 2.05) is 19.1 Å². The molecular formula is C22H17NO6S. The van der Waals surface area contributed by atoms with Crippen molar-refractivity contribution in [3.05, 3.63) is 86.5 Å². The molecule has 4 rings (SSSR count). The fourth-order valence-corrected chi connectivity index (χ4v) is 3.95. The number of esters is 1. The van der Waals surface area contributed by atoms with E-state index in [4.69, 9.17) is 13.6 Å². The number of hydrogen-bond acceptors (Lipinski definition) is 7. The van der Waals surface area contributed by atoms with Crippen molar-refractivity contribution in [1.82, 2.24) is 0 Å². The van der Waals surface area contributed by atoms with Crippen molar-refractivity contribution < 1.29 is 23.2 Å². The highest BCUT2D eigenvalue weighted by Gasteiger charge is 2.18. The molecule has 8 heteroatoms. The van der Waals surface area contributed by atoms with Crippen LogP contribution in [0, 0.1) is 13.8 Å². The lowest BCUT2D eigenvalue weighted by Crippen LogP contribution is -2.09. The summed E-state index contributed by atoms with van der Waals surface area (Å²) >= 11 is 1.11. The molecule has 152 valence electrons. The molecule has 0 unspecified atom stereocenters. The van der Waals surface area contributed by atoms with Gasteiger partial charge >= 0.3 is 11.6 Å². The lowest BCUT2D eigenvalue weighted by molar-refractivity contribution is 0.0478. The average molecular weight is 423 g/mol. The summed E-state index contributed by atoms with van der Waals surface area (Å²) in [5.74, 6) is -0.765. The Morgan fingerprint density at radius 2 is 1.97 bits per heavy atom. The SMILES string of the molecule is Cc1ccc2c(COC(=O)c3sc(NC(=O)c4ccco4)cc3C)cc(=O)oc2c1. The van der Waals surface area contributed by atoms with Crippen LogP contribution in [-0.4, -0.2) is 11.9 Å². The van der Waals surface area contributed by atoms with Crippen molar-refractivity contribution in [2.45, 2.75) is 20.5 Å². The van der Waals surface area contributed by atoms with Crippen LogP contribution in [0.25, 0.3) is 11.0 Å². The van der Waals surface area contributed by atoms with Crippen LogP contribution in [-0.2, 0) is 11.3 Å². The molecule has 0 atom stereocenters. The molecule has 0 radical (unpaired) electrons. The van der Waals surface area contributed by atoms with Crippen LogP contribution in [0.3, 0.4) is 0 Å². The zero-order valence-electron chi connectivity index (χ0n) is 16.2. The van der Waals surface area contributed by atoms with Gasteiger partial charge in [-0.3, -0.25) is 4.79 Å². The number of thiophene rings is 1. The average Bonchev–Trinajstić information content (AvgIpc) is 3.35. The minimum Gasteiger partial charge on any atom is -0.459 e. The summed E-state index contributed by atoms with van der Waals surface area (Å²) in [6, 6.07) is 11.7. The number of aryl methyl sites for hydroxylation is 2. The van der Waals surface area contributed by atoms with Crippen LogP contribution in [0.2, 0.25) is 0 Å². The number of hydrogen-bond donors (Lipinski definition) is 1. The van der Waals surface area contributed by atoms with E-state index < -0.39 is 17.5 Å². The zero-order valence-corrected chi connectivity index (χ0v) is 17.0. The topological polar surface area (TPSA) is 98.7 Å². The minimum absolute atomic E-state index is 0.0740. The van der Waals surface area contributed by atoms with Crippen LogP contribution in [0.4, 0.5) is 5.00 Å². The van der Waals surface area contributed by atoms with E-state index in [-0.39, 0.29) is 12.4 Å². The molecule has 7 nitrogen and oxygen atoms in total. The first-order valence-corrected chi connectivity index (χ1v) is 9.88. The van der Waals surface area contributed by atoms with Crippen molar-refractivity contribution >= 4 is 39.2 Å². The normalized spacial score (nSPS) is 10.9. The number of furan rings is 1. The Bertz CT molecular complexity index is 1300. The molecule has 1 amide bonds. The first kappa shape index (κ1) is 19.7. The van der Waals surface area contributed by atoms with E-state index in [2.05, 4.69) is 5.32 Å². The first-order chi connectivity index (χ1) is 14.4. The van der Waals surface area contributed by atoms with Gasteiger partial charge in [0.05, 0.1) is 11.3 Å².